The van der Waals surface area contributed by atoms with Gasteiger partial charge in [-0.05, 0) is 56.0 Å². The Balaban J connectivity index is 1.77. The minimum atomic E-state index is -4.46. The van der Waals surface area contributed by atoms with Gasteiger partial charge < -0.3 is 4.90 Å². The summed E-state index contributed by atoms with van der Waals surface area (Å²) < 4.78 is 41.2. The number of piperidine rings is 1. The maximum absolute atomic E-state index is 13.4. The number of fused-ring (bicyclic) bond motifs is 1. The summed E-state index contributed by atoms with van der Waals surface area (Å²) in [5.74, 6) is -0.542. The van der Waals surface area contributed by atoms with E-state index in [9.17, 15) is 22.8 Å². The standard InChI is InChI=1S/C23H22F3N3O2/c1-2-29-19-12-4-3-10-17(19)21(30)20(27-29)22(31)28-13-6-5-11-18(28)15-8-7-9-16(14-15)23(24,25)26/h3-4,7-10,12,14,18H,2,5-6,11,13H2,1H3. The Morgan fingerprint density at radius 3 is 2.65 bits per heavy atom. The monoisotopic (exact) mass is 429 g/mol. The zero-order valence-corrected chi connectivity index (χ0v) is 17.0. The van der Waals surface area contributed by atoms with Crippen LogP contribution in [0.1, 0.15) is 53.8 Å². The van der Waals surface area contributed by atoms with Crippen molar-refractivity contribution in [1.29, 1.82) is 0 Å². The zero-order valence-electron chi connectivity index (χ0n) is 17.0. The van der Waals surface area contributed by atoms with E-state index < -0.39 is 29.1 Å². The van der Waals surface area contributed by atoms with Crippen LogP contribution < -0.4 is 5.43 Å². The third-order valence-electron chi connectivity index (χ3n) is 5.73. The van der Waals surface area contributed by atoms with Crippen LogP contribution in [0.25, 0.3) is 10.9 Å². The molecule has 8 heteroatoms. The number of benzene rings is 2. The lowest BCUT2D eigenvalue weighted by atomic mass is 9.93. The van der Waals surface area contributed by atoms with Crippen molar-refractivity contribution in [3.63, 3.8) is 0 Å². The Morgan fingerprint density at radius 1 is 1.13 bits per heavy atom. The SMILES string of the molecule is CCn1nc(C(=O)N2CCCCC2c2cccc(C(F)(F)F)c2)c(=O)c2ccccc21. The molecule has 31 heavy (non-hydrogen) atoms. The Morgan fingerprint density at radius 2 is 1.90 bits per heavy atom. The smallest absolute Gasteiger partial charge is 0.330 e. The summed E-state index contributed by atoms with van der Waals surface area (Å²) in [5.41, 5.74) is -0.350. The van der Waals surface area contributed by atoms with Crippen molar-refractivity contribution in [3.8, 4) is 0 Å². The lowest BCUT2D eigenvalue weighted by Crippen LogP contribution is -2.41. The van der Waals surface area contributed by atoms with Crippen LogP contribution in [-0.4, -0.2) is 27.1 Å². The average Bonchev–Trinajstić information content (AvgIpc) is 2.79. The number of rotatable bonds is 3. The van der Waals surface area contributed by atoms with Crippen LogP contribution in [0.3, 0.4) is 0 Å². The molecule has 1 atom stereocenters. The zero-order chi connectivity index (χ0) is 22.2. The molecular formula is C23H22F3N3O2. The van der Waals surface area contributed by atoms with Gasteiger partial charge in [0.2, 0.25) is 5.43 Å². The fourth-order valence-electron chi connectivity index (χ4n) is 4.20. The summed E-state index contributed by atoms with van der Waals surface area (Å²) in [7, 11) is 0. The number of nitrogens with zero attached hydrogens (tertiary/aromatic N) is 3. The Labute approximate surface area is 177 Å². The summed E-state index contributed by atoms with van der Waals surface area (Å²) in [6.07, 6.45) is -2.43. The van der Waals surface area contributed by atoms with E-state index in [0.29, 0.717) is 36.0 Å². The number of amides is 1. The first-order valence-electron chi connectivity index (χ1n) is 10.3. The van der Waals surface area contributed by atoms with Crippen LogP contribution in [-0.2, 0) is 12.7 Å². The highest BCUT2D eigenvalue weighted by Crippen LogP contribution is 2.35. The van der Waals surface area contributed by atoms with Gasteiger partial charge in [-0.15, -0.1) is 0 Å². The van der Waals surface area contributed by atoms with Crippen molar-refractivity contribution in [2.75, 3.05) is 6.54 Å². The summed E-state index contributed by atoms with van der Waals surface area (Å²) >= 11 is 0. The number of carbonyl (C=O) groups is 1. The largest absolute Gasteiger partial charge is 0.416 e. The van der Waals surface area contributed by atoms with Crippen LogP contribution in [0.5, 0.6) is 0 Å². The topological polar surface area (TPSA) is 55.2 Å². The number of alkyl halides is 3. The van der Waals surface area contributed by atoms with Gasteiger partial charge in [-0.1, -0.05) is 24.3 Å². The van der Waals surface area contributed by atoms with E-state index in [1.54, 1.807) is 35.0 Å². The van der Waals surface area contributed by atoms with Crippen LogP contribution in [0.4, 0.5) is 13.2 Å². The first-order chi connectivity index (χ1) is 14.8. The Bertz CT molecular complexity index is 1190. The number of halogens is 3. The number of likely N-dealkylation sites (tertiary alicyclic amines) is 1. The molecule has 2 heterocycles. The van der Waals surface area contributed by atoms with Crippen molar-refractivity contribution in [3.05, 3.63) is 75.6 Å². The first kappa shape index (κ1) is 21.1. The molecule has 0 bridgehead atoms. The van der Waals surface area contributed by atoms with Crippen LogP contribution in [0, 0.1) is 0 Å². The summed E-state index contributed by atoms with van der Waals surface area (Å²) in [4.78, 5) is 28.0. The molecule has 1 aliphatic heterocycles. The van der Waals surface area contributed by atoms with Gasteiger partial charge in [-0.2, -0.15) is 18.3 Å². The van der Waals surface area contributed by atoms with E-state index in [4.69, 9.17) is 0 Å². The molecule has 5 nitrogen and oxygen atoms in total. The third-order valence-corrected chi connectivity index (χ3v) is 5.73. The summed E-state index contributed by atoms with van der Waals surface area (Å²) in [6.45, 7) is 2.70. The van der Waals surface area contributed by atoms with Crippen LogP contribution in [0.15, 0.2) is 53.3 Å². The fraction of sp³-hybridized carbons (Fsp3) is 0.348. The van der Waals surface area contributed by atoms with Crippen molar-refractivity contribution in [2.45, 2.75) is 44.9 Å². The minimum Gasteiger partial charge on any atom is -0.330 e. The minimum absolute atomic E-state index is 0.195. The van der Waals surface area contributed by atoms with E-state index in [-0.39, 0.29) is 5.69 Å². The molecule has 0 saturated carbocycles. The lowest BCUT2D eigenvalue weighted by Gasteiger charge is -2.36. The summed E-state index contributed by atoms with van der Waals surface area (Å²) in [5, 5.41) is 4.71. The summed E-state index contributed by atoms with van der Waals surface area (Å²) in [6, 6.07) is 11.5. The molecule has 2 aromatic carbocycles. The quantitative estimate of drug-likeness (QED) is 0.601. The van der Waals surface area contributed by atoms with Crippen molar-refractivity contribution < 1.29 is 18.0 Å². The van der Waals surface area contributed by atoms with Gasteiger partial charge >= 0.3 is 6.18 Å². The molecule has 4 rings (SSSR count). The molecule has 0 spiro atoms. The molecule has 0 aliphatic carbocycles. The number of aromatic nitrogens is 2. The van der Waals surface area contributed by atoms with E-state index in [1.807, 2.05) is 6.92 Å². The number of para-hydroxylation sites is 1. The van der Waals surface area contributed by atoms with E-state index >= 15 is 0 Å². The molecule has 0 N–H and O–H groups in total. The highest BCUT2D eigenvalue weighted by molar-refractivity contribution is 5.95. The molecule has 162 valence electrons. The van der Waals surface area contributed by atoms with Crippen LogP contribution >= 0.6 is 0 Å². The van der Waals surface area contributed by atoms with Crippen LogP contribution in [0.2, 0.25) is 0 Å². The first-order valence-corrected chi connectivity index (χ1v) is 10.3. The normalized spacial score (nSPS) is 17.2. The maximum Gasteiger partial charge on any atom is 0.416 e. The molecule has 1 saturated heterocycles. The second-order valence-electron chi connectivity index (χ2n) is 7.64. The Hall–Kier alpha value is -3.16. The lowest BCUT2D eigenvalue weighted by molar-refractivity contribution is -0.137. The predicted octanol–water partition coefficient (Wildman–Crippen LogP) is 4.80. The molecule has 0 radical (unpaired) electrons. The molecule has 1 aliphatic rings. The average molecular weight is 429 g/mol. The Kier molecular flexibility index (Phi) is 5.56. The molecule has 1 unspecified atom stereocenters. The van der Waals surface area contributed by atoms with Crippen molar-refractivity contribution >= 4 is 16.8 Å². The van der Waals surface area contributed by atoms with Gasteiger partial charge in [0.15, 0.2) is 5.69 Å². The van der Waals surface area contributed by atoms with Gasteiger partial charge in [-0.3, -0.25) is 14.3 Å². The van der Waals surface area contributed by atoms with E-state index in [0.717, 1.165) is 25.0 Å². The number of aryl methyl sites for hydroxylation is 1. The van der Waals surface area contributed by atoms with Gasteiger partial charge in [-0.25, -0.2) is 0 Å². The number of hydrogen-bond donors (Lipinski definition) is 0. The maximum atomic E-state index is 13.4. The third kappa shape index (κ3) is 3.94. The van der Waals surface area contributed by atoms with Gasteiger partial charge in [0.05, 0.1) is 17.1 Å². The van der Waals surface area contributed by atoms with E-state index in [1.165, 1.54) is 11.0 Å². The molecule has 1 fully saturated rings. The highest BCUT2D eigenvalue weighted by atomic mass is 19.4. The van der Waals surface area contributed by atoms with Gasteiger partial charge in [0.1, 0.15) is 0 Å². The molecular weight excluding hydrogens is 407 g/mol. The molecule has 3 aromatic rings. The van der Waals surface area contributed by atoms with Gasteiger partial charge in [0, 0.05) is 18.5 Å². The molecule has 1 amide bonds. The predicted molar refractivity (Wildman–Crippen MR) is 111 cm³/mol. The number of carbonyl (C=O) groups excluding carboxylic acids is 1. The molecule has 1 aromatic heterocycles. The van der Waals surface area contributed by atoms with Crippen molar-refractivity contribution in [2.24, 2.45) is 0 Å². The van der Waals surface area contributed by atoms with Gasteiger partial charge in [0.25, 0.3) is 5.91 Å². The second-order valence-corrected chi connectivity index (χ2v) is 7.64. The fourth-order valence-corrected chi connectivity index (χ4v) is 4.20. The second kappa shape index (κ2) is 8.17. The van der Waals surface area contributed by atoms with E-state index in [2.05, 4.69) is 5.10 Å². The van der Waals surface area contributed by atoms with Crippen molar-refractivity contribution in [1.82, 2.24) is 14.7 Å². The highest BCUT2D eigenvalue weighted by Gasteiger charge is 2.34. The number of hydrogen-bond acceptors (Lipinski definition) is 3.